The summed E-state index contributed by atoms with van der Waals surface area (Å²) >= 11 is 0. The van der Waals surface area contributed by atoms with Gasteiger partial charge < -0.3 is 25.5 Å². The molecule has 1 heterocycles. The minimum atomic E-state index is -0.295. The molecule has 2 rings (SSSR count). The van der Waals surface area contributed by atoms with Gasteiger partial charge in [0.25, 0.3) is 5.91 Å². The SMILES string of the molecule is CCNC(=O)c1cccc(NC(=O)N2CCC[C@](CO)(CN(C)C)C2)c1C. The second-order valence-corrected chi connectivity index (χ2v) is 7.69. The van der Waals surface area contributed by atoms with Gasteiger partial charge in [-0.3, -0.25) is 4.79 Å². The van der Waals surface area contributed by atoms with E-state index in [9.17, 15) is 14.7 Å². The van der Waals surface area contributed by atoms with E-state index in [0.29, 0.717) is 30.9 Å². The van der Waals surface area contributed by atoms with Crippen LogP contribution >= 0.6 is 0 Å². The number of piperidine rings is 1. The van der Waals surface area contributed by atoms with Gasteiger partial charge in [0.15, 0.2) is 0 Å². The lowest BCUT2D eigenvalue weighted by molar-refractivity contribution is 0.0294. The van der Waals surface area contributed by atoms with E-state index in [2.05, 4.69) is 15.5 Å². The Labute approximate surface area is 161 Å². The molecule has 1 aliphatic heterocycles. The average molecular weight is 377 g/mol. The van der Waals surface area contributed by atoms with Crippen molar-refractivity contribution in [3.63, 3.8) is 0 Å². The van der Waals surface area contributed by atoms with Crippen molar-refractivity contribution in [2.75, 3.05) is 52.2 Å². The number of benzene rings is 1. The van der Waals surface area contributed by atoms with Crippen molar-refractivity contribution < 1.29 is 14.7 Å². The van der Waals surface area contributed by atoms with Gasteiger partial charge in [-0.05, 0) is 58.5 Å². The molecule has 0 radical (unpaired) electrons. The van der Waals surface area contributed by atoms with E-state index in [-0.39, 0.29) is 24.0 Å². The average Bonchev–Trinajstić information content (AvgIpc) is 2.63. The Morgan fingerprint density at radius 3 is 2.70 bits per heavy atom. The van der Waals surface area contributed by atoms with Crippen LogP contribution in [-0.4, -0.2) is 73.7 Å². The number of hydrogen-bond acceptors (Lipinski definition) is 4. The number of anilines is 1. The molecule has 0 unspecified atom stereocenters. The summed E-state index contributed by atoms with van der Waals surface area (Å²) in [6, 6.07) is 5.14. The molecule has 3 N–H and O–H groups in total. The van der Waals surface area contributed by atoms with Gasteiger partial charge >= 0.3 is 6.03 Å². The Kier molecular flexibility index (Phi) is 7.21. The molecule has 0 aliphatic carbocycles. The quantitative estimate of drug-likeness (QED) is 0.708. The van der Waals surface area contributed by atoms with Crippen LogP contribution in [-0.2, 0) is 0 Å². The summed E-state index contributed by atoms with van der Waals surface area (Å²) in [6.45, 7) is 6.23. The standard InChI is InChI=1S/C20H32N4O3/c1-5-21-18(26)16-8-6-9-17(15(16)2)22-19(27)24-11-7-10-20(13-24,14-25)12-23(3)4/h6,8-9,25H,5,7,10-14H2,1-4H3,(H,21,26)(H,22,27)/t20-/m0/s1. The summed E-state index contributed by atoms with van der Waals surface area (Å²) in [4.78, 5) is 28.8. The first kappa shape index (κ1) is 21.2. The normalized spacial score (nSPS) is 19.9. The van der Waals surface area contributed by atoms with E-state index in [1.165, 1.54) is 0 Å². The minimum Gasteiger partial charge on any atom is -0.396 e. The van der Waals surface area contributed by atoms with Gasteiger partial charge in [-0.2, -0.15) is 0 Å². The van der Waals surface area contributed by atoms with Gasteiger partial charge in [0.1, 0.15) is 0 Å². The highest BCUT2D eigenvalue weighted by Gasteiger charge is 2.37. The number of nitrogens with one attached hydrogen (secondary N) is 2. The maximum Gasteiger partial charge on any atom is 0.321 e. The lowest BCUT2D eigenvalue weighted by Gasteiger charge is -2.43. The van der Waals surface area contributed by atoms with E-state index < -0.39 is 0 Å². The predicted molar refractivity (Wildman–Crippen MR) is 107 cm³/mol. The molecule has 1 aromatic rings. The van der Waals surface area contributed by atoms with E-state index >= 15 is 0 Å². The van der Waals surface area contributed by atoms with Gasteiger partial charge in [0.05, 0.1) is 6.61 Å². The van der Waals surface area contributed by atoms with Crippen LogP contribution in [0, 0.1) is 12.3 Å². The molecule has 7 nitrogen and oxygen atoms in total. The Morgan fingerprint density at radius 1 is 1.33 bits per heavy atom. The van der Waals surface area contributed by atoms with Crippen molar-refractivity contribution in [3.8, 4) is 0 Å². The summed E-state index contributed by atoms with van der Waals surface area (Å²) in [5, 5.41) is 15.7. The van der Waals surface area contributed by atoms with Crippen molar-refractivity contribution in [2.24, 2.45) is 5.41 Å². The van der Waals surface area contributed by atoms with Crippen LogP contribution in [0.3, 0.4) is 0 Å². The zero-order valence-corrected chi connectivity index (χ0v) is 16.8. The maximum atomic E-state index is 12.8. The summed E-state index contributed by atoms with van der Waals surface area (Å²) in [5.74, 6) is -0.144. The first-order valence-corrected chi connectivity index (χ1v) is 9.51. The van der Waals surface area contributed by atoms with E-state index in [1.54, 1.807) is 23.1 Å². The van der Waals surface area contributed by atoms with Crippen LogP contribution in [0.1, 0.15) is 35.7 Å². The maximum absolute atomic E-state index is 12.8. The Bertz CT molecular complexity index is 677. The fourth-order valence-electron chi connectivity index (χ4n) is 3.83. The van der Waals surface area contributed by atoms with Crippen LogP contribution in [0.4, 0.5) is 10.5 Å². The molecule has 1 fully saturated rings. The fraction of sp³-hybridized carbons (Fsp3) is 0.600. The first-order valence-electron chi connectivity index (χ1n) is 9.51. The number of hydrogen-bond donors (Lipinski definition) is 3. The molecule has 7 heteroatoms. The number of carbonyl (C=O) groups is 2. The van der Waals surface area contributed by atoms with Gasteiger partial charge in [-0.15, -0.1) is 0 Å². The highest BCUT2D eigenvalue weighted by atomic mass is 16.3. The Hall–Kier alpha value is -2.12. The molecule has 0 bridgehead atoms. The van der Waals surface area contributed by atoms with Crippen molar-refractivity contribution in [2.45, 2.75) is 26.7 Å². The van der Waals surface area contributed by atoms with Gasteiger partial charge in [0, 0.05) is 42.8 Å². The third-order valence-corrected chi connectivity index (χ3v) is 5.09. The molecule has 1 atom stereocenters. The zero-order chi connectivity index (χ0) is 20.0. The van der Waals surface area contributed by atoms with Crippen molar-refractivity contribution in [1.82, 2.24) is 15.1 Å². The molecule has 0 saturated carbocycles. The van der Waals surface area contributed by atoms with Crippen LogP contribution in [0.15, 0.2) is 18.2 Å². The molecule has 3 amide bonds. The third-order valence-electron chi connectivity index (χ3n) is 5.09. The van der Waals surface area contributed by atoms with Gasteiger partial charge in [0.2, 0.25) is 0 Å². The van der Waals surface area contributed by atoms with Crippen LogP contribution in [0.5, 0.6) is 0 Å². The summed E-state index contributed by atoms with van der Waals surface area (Å²) in [5.41, 5.74) is 1.65. The van der Waals surface area contributed by atoms with Crippen LogP contribution in [0.2, 0.25) is 0 Å². The number of amides is 3. The first-order chi connectivity index (χ1) is 12.8. The van der Waals surface area contributed by atoms with Crippen molar-refractivity contribution in [3.05, 3.63) is 29.3 Å². The third kappa shape index (κ3) is 5.20. The molecule has 1 saturated heterocycles. The molecule has 150 valence electrons. The number of carbonyl (C=O) groups excluding carboxylic acids is 2. The lowest BCUT2D eigenvalue weighted by Crippen LogP contribution is -2.52. The molecular formula is C20H32N4O3. The zero-order valence-electron chi connectivity index (χ0n) is 16.8. The molecule has 0 aromatic heterocycles. The monoisotopic (exact) mass is 376 g/mol. The van der Waals surface area contributed by atoms with Crippen LogP contribution in [0.25, 0.3) is 0 Å². The number of aliphatic hydroxyl groups is 1. The second kappa shape index (κ2) is 9.19. The van der Waals surface area contributed by atoms with Crippen molar-refractivity contribution in [1.29, 1.82) is 0 Å². The smallest absolute Gasteiger partial charge is 0.321 e. The predicted octanol–water partition coefficient (Wildman–Crippen LogP) is 1.91. The van der Waals surface area contributed by atoms with Crippen molar-refractivity contribution >= 4 is 17.6 Å². The number of likely N-dealkylation sites (tertiary alicyclic amines) is 1. The van der Waals surface area contributed by atoms with Gasteiger partial charge in [-0.25, -0.2) is 4.79 Å². The summed E-state index contributed by atoms with van der Waals surface area (Å²) < 4.78 is 0. The van der Waals surface area contributed by atoms with E-state index in [1.807, 2.05) is 27.9 Å². The Morgan fingerprint density at radius 2 is 2.07 bits per heavy atom. The minimum absolute atomic E-state index is 0.0562. The number of rotatable bonds is 6. The highest BCUT2D eigenvalue weighted by molar-refractivity contribution is 5.99. The summed E-state index contributed by atoms with van der Waals surface area (Å²) in [7, 11) is 3.96. The highest BCUT2D eigenvalue weighted by Crippen LogP contribution is 2.31. The Balaban J connectivity index is 2.13. The van der Waals surface area contributed by atoms with E-state index in [0.717, 1.165) is 24.9 Å². The lowest BCUT2D eigenvalue weighted by atomic mass is 9.80. The van der Waals surface area contributed by atoms with Crippen LogP contribution < -0.4 is 10.6 Å². The molecular weight excluding hydrogens is 344 g/mol. The molecule has 27 heavy (non-hydrogen) atoms. The second-order valence-electron chi connectivity index (χ2n) is 7.69. The number of urea groups is 1. The molecule has 1 aliphatic rings. The molecule has 0 spiro atoms. The summed E-state index contributed by atoms with van der Waals surface area (Å²) in [6.07, 6.45) is 1.76. The fourth-order valence-corrected chi connectivity index (χ4v) is 3.83. The largest absolute Gasteiger partial charge is 0.396 e. The topological polar surface area (TPSA) is 84.9 Å². The van der Waals surface area contributed by atoms with Gasteiger partial charge in [-0.1, -0.05) is 6.07 Å². The number of aliphatic hydroxyl groups excluding tert-OH is 1. The number of nitrogens with zero attached hydrogens (tertiary/aromatic N) is 2. The molecule has 1 aromatic carbocycles. The van der Waals surface area contributed by atoms with E-state index in [4.69, 9.17) is 0 Å².